The molecule has 8 nitrogen and oxygen atoms in total. The molecule has 2 saturated carbocycles. The molecule has 1 unspecified atom stereocenters. The van der Waals surface area contributed by atoms with Crippen LogP contribution < -0.4 is 16.0 Å². The van der Waals surface area contributed by atoms with Crippen molar-refractivity contribution < 1.29 is 14.0 Å². The summed E-state index contributed by atoms with van der Waals surface area (Å²) in [7, 11) is 1.77. The van der Waals surface area contributed by atoms with Gasteiger partial charge in [-0.1, -0.05) is 25.7 Å². The highest BCUT2D eigenvalue weighted by Gasteiger charge is 2.28. The van der Waals surface area contributed by atoms with Gasteiger partial charge in [0.05, 0.1) is 29.5 Å². The van der Waals surface area contributed by atoms with Crippen LogP contribution in [0.25, 0.3) is 0 Å². The number of anilines is 3. The maximum absolute atomic E-state index is 14.6. The lowest BCUT2D eigenvalue weighted by atomic mass is 9.97. The summed E-state index contributed by atoms with van der Waals surface area (Å²) in [5, 5.41) is 12.9. The molecule has 0 radical (unpaired) electrons. The average molecular weight is 491 g/mol. The third-order valence-corrected chi connectivity index (χ3v) is 6.95. The van der Waals surface area contributed by atoms with Crippen LogP contribution in [0.15, 0.2) is 49.1 Å². The number of carbonyl (C=O) groups excluding carboxylic acids is 2. The fourth-order valence-corrected chi connectivity index (χ4v) is 4.85. The molecule has 2 aliphatic carbocycles. The second-order valence-corrected chi connectivity index (χ2v) is 9.91. The lowest BCUT2D eigenvalue weighted by Crippen LogP contribution is -2.44. The molecule has 1 aromatic carbocycles. The van der Waals surface area contributed by atoms with Crippen molar-refractivity contribution in [1.29, 1.82) is 0 Å². The maximum atomic E-state index is 14.6. The zero-order chi connectivity index (χ0) is 25.1. The summed E-state index contributed by atoms with van der Waals surface area (Å²) in [6.07, 6.45) is 14.0. The van der Waals surface area contributed by atoms with E-state index in [-0.39, 0.29) is 17.2 Å². The van der Waals surface area contributed by atoms with E-state index in [1.165, 1.54) is 18.2 Å². The molecule has 5 rings (SSSR count). The first-order valence-electron chi connectivity index (χ1n) is 12.6. The molecule has 0 bridgehead atoms. The molecule has 2 heterocycles. The highest BCUT2D eigenvalue weighted by Crippen LogP contribution is 2.40. The van der Waals surface area contributed by atoms with Crippen molar-refractivity contribution in [2.45, 2.75) is 56.9 Å². The molecule has 0 aliphatic heterocycles. The predicted octanol–water partition coefficient (Wildman–Crippen LogP) is 4.89. The van der Waals surface area contributed by atoms with Gasteiger partial charge in [0.25, 0.3) is 5.91 Å². The van der Waals surface area contributed by atoms with Gasteiger partial charge in [-0.25, -0.2) is 4.39 Å². The minimum absolute atomic E-state index is 0.185. The number of hydrogen-bond acceptors (Lipinski definition) is 5. The summed E-state index contributed by atoms with van der Waals surface area (Å²) in [6.45, 7) is 0. The minimum Gasteiger partial charge on any atom is -0.352 e. The molecule has 0 saturated heterocycles. The van der Waals surface area contributed by atoms with E-state index in [0.29, 0.717) is 29.6 Å². The average Bonchev–Trinajstić information content (AvgIpc) is 3.45. The van der Waals surface area contributed by atoms with Gasteiger partial charge in [-0.05, 0) is 60.9 Å². The zero-order valence-electron chi connectivity index (χ0n) is 20.3. The van der Waals surface area contributed by atoms with Gasteiger partial charge in [-0.15, -0.1) is 0 Å². The molecule has 188 valence electrons. The summed E-state index contributed by atoms with van der Waals surface area (Å²) >= 11 is 0. The lowest BCUT2D eigenvalue weighted by molar-refractivity contribution is -0.118. The maximum Gasteiger partial charge on any atom is 0.252 e. The van der Waals surface area contributed by atoms with E-state index in [4.69, 9.17) is 0 Å². The number of nitrogens with one attached hydrogen (secondary N) is 3. The van der Waals surface area contributed by atoms with E-state index in [1.807, 2.05) is 12.3 Å². The molecule has 3 aromatic rings. The molecule has 36 heavy (non-hydrogen) atoms. The topological polar surface area (TPSA) is 101 Å². The second-order valence-electron chi connectivity index (χ2n) is 9.91. The van der Waals surface area contributed by atoms with Crippen LogP contribution in [-0.4, -0.2) is 32.6 Å². The Balaban J connectivity index is 1.30. The number of pyridine rings is 1. The number of halogens is 1. The number of rotatable bonds is 9. The monoisotopic (exact) mass is 490 g/mol. The third kappa shape index (κ3) is 5.90. The van der Waals surface area contributed by atoms with Gasteiger partial charge in [0.1, 0.15) is 11.9 Å². The van der Waals surface area contributed by atoms with Gasteiger partial charge in [0.2, 0.25) is 5.91 Å². The van der Waals surface area contributed by atoms with E-state index in [1.54, 1.807) is 30.3 Å². The number of hydrogen-bond donors (Lipinski definition) is 3. The number of carbonyl (C=O) groups is 2. The number of aromatic nitrogens is 3. The van der Waals surface area contributed by atoms with Gasteiger partial charge >= 0.3 is 0 Å². The first-order valence-corrected chi connectivity index (χ1v) is 12.6. The van der Waals surface area contributed by atoms with Crippen LogP contribution in [0, 0.1) is 11.7 Å². The molecule has 2 fully saturated rings. The highest BCUT2D eigenvalue weighted by atomic mass is 19.1. The van der Waals surface area contributed by atoms with Gasteiger partial charge in [0, 0.05) is 25.0 Å². The molecule has 9 heteroatoms. The highest BCUT2D eigenvalue weighted by molar-refractivity contribution is 6.01. The van der Waals surface area contributed by atoms with Crippen LogP contribution in [0.2, 0.25) is 0 Å². The molecule has 2 aromatic heterocycles. The first kappa shape index (κ1) is 24.0. The van der Waals surface area contributed by atoms with E-state index in [0.717, 1.165) is 44.1 Å². The molecule has 0 spiro atoms. The molecule has 3 N–H and O–H groups in total. The third-order valence-electron chi connectivity index (χ3n) is 6.95. The van der Waals surface area contributed by atoms with E-state index in [9.17, 15) is 14.0 Å². The molecule has 1 atom stereocenters. The van der Waals surface area contributed by atoms with Crippen molar-refractivity contribution in [3.8, 4) is 0 Å². The van der Waals surface area contributed by atoms with Crippen molar-refractivity contribution in [3.63, 3.8) is 0 Å². The Bertz CT molecular complexity index is 1250. The Morgan fingerprint density at radius 1 is 1.08 bits per heavy atom. The largest absolute Gasteiger partial charge is 0.352 e. The summed E-state index contributed by atoms with van der Waals surface area (Å²) in [6, 6.07) is 5.43. The van der Waals surface area contributed by atoms with Crippen LogP contribution in [0.1, 0.15) is 66.8 Å². The van der Waals surface area contributed by atoms with Crippen LogP contribution in [0.4, 0.5) is 21.5 Å². The molecular formula is C27H31FN6O2. The fraction of sp³-hybridized carbons (Fsp3) is 0.407. The predicted molar refractivity (Wildman–Crippen MR) is 136 cm³/mol. The Labute approximate surface area is 209 Å². The second kappa shape index (κ2) is 10.5. The van der Waals surface area contributed by atoms with E-state index >= 15 is 0 Å². The molecule has 2 aliphatic rings. The Morgan fingerprint density at radius 2 is 1.89 bits per heavy atom. The molecule has 2 amide bonds. The summed E-state index contributed by atoms with van der Waals surface area (Å²) in [4.78, 5) is 30.5. The van der Waals surface area contributed by atoms with Crippen molar-refractivity contribution >= 4 is 28.9 Å². The van der Waals surface area contributed by atoms with Gasteiger partial charge in [-0.2, -0.15) is 5.10 Å². The van der Waals surface area contributed by atoms with Crippen LogP contribution in [0.3, 0.4) is 0 Å². The smallest absolute Gasteiger partial charge is 0.252 e. The quantitative estimate of drug-likeness (QED) is 0.396. The van der Waals surface area contributed by atoms with Gasteiger partial charge < -0.3 is 16.0 Å². The zero-order valence-corrected chi connectivity index (χ0v) is 20.3. The van der Waals surface area contributed by atoms with Crippen molar-refractivity contribution in [2.75, 3.05) is 10.6 Å². The lowest BCUT2D eigenvalue weighted by Gasteiger charge is -2.21. The Kier molecular flexibility index (Phi) is 6.97. The fourth-order valence-electron chi connectivity index (χ4n) is 4.85. The number of amides is 2. The van der Waals surface area contributed by atoms with Crippen LogP contribution >= 0.6 is 0 Å². The number of aryl methyl sites for hydroxylation is 1. The first-order chi connectivity index (χ1) is 17.4. The van der Waals surface area contributed by atoms with Crippen molar-refractivity contribution in [2.24, 2.45) is 13.0 Å². The van der Waals surface area contributed by atoms with Gasteiger partial charge in [0.15, 0.2) is 0 Å². The standard InChI is InChI=1S/C27H31FN6O2/c1-34-16-22(15-30-34)32-27(36)25(10-17-4-2-3-5-17)33-26(35)19-8-9-23(28)24(12-19)31-21-11-20(13-29-14-21)18-6-7-18/h8-9,11-18,25,31H,2-7,10H2,1H3,(H,32,36)(H,33,35). The molecular weight excluding hydrogens is 459 g/mol. The summed E-state index contributed by atoms with van der Waals surface area (Å²) in [5.74, 6) is -0.276. The Hall–Kier alpha value is -3.75. The number of benzene rings is 1. The minimum atomic E-state index is -0.707. The van der Waals surface area contributed by atoms with Crippen molar-refractivity contribution in [3.05, 3.63) is 66.0 Å². The van der Waals surface area contributed by atoms with Gasteiger partial charge in [-0.3, -0.25) is 19.3 Å². The number of nitrogens with zero attached hydrogens (tertiary/aromatic N) is 3. The SMILES string of the molecule is Cn1cc(NC(=O)C(CC2CCCC2)NC(=O)c2ccc(F)c(Nc3cncc(C4CC4)c3)c2)cn1. The Morgan fingerprint density at radius 3 is 2.61 bits per heavy atom. The summed E-state index contributed by atoms with van der Waals surface area (Å²) in [5.41, 5.74) is 2.83. The van der Waals surface area contributed by atoms with E-state index < -0.39 is 17.8 Å². The van der Waals surface area contributed by atoms with Crippen molar-refractivity contribution in [1.82, 2.24) is 20.1 Å². The van der Waals surface area contributed by atoms with E-state index in [2.05, 4.69) is 26.0 Å². The summed E-state index contributed by atoms with van der Waals surface area (Å²) < 4.78 is 16.2. The van der Waals surface area contributed by atoms with Crippen LogP contribution in [0.5, 0.6) is 0 Å². The normalized spacial score (nSPS) is 16.5. The van der Waals surface area contributed by atoms with Crippen LogP contribution in [-0.2, 0) is 11.8 Å².